The van der Waals surface area contributed by atoms with Crippen molar-refractivity contribution in [3.8, 4) is 5.75 Å². The highest BCUT2D eigenvalue weighted by Crippen LogP contribution is 2.32. The third-order valence-corrected chi connectivity index (χ3v) is 4.38. The van der Waals surface area contributed by atoms with Crippen molar-refractivity contribution < 1.29 is 4.74 Å². The molecular weight excluding hydrogens is 341 g/mol. The largest absolute Gasteiger partial charge is 0.492 e. The predicted octanol–water partition coefficient (Wildman–Crippen LogP) is 5.89. The van der Waals surface area contributed by atoms with Crippen molar-refractivity contribution in [2.45, 2.75) is 45.7 Å². The Kier molecular flexibility index (Phi) is 7.90. The molecule has 24 heavy (non-hydrogen) atoms. The van der Waals surface area contributed by atoms with Gasteiger partial charge in [0.1, 0.15) is 5.75 Å². The zero-order valence-corrected chi connectivity index (χ0v) is 15.8. The zero-order valence-electron chi connectivity index (χ0n) is 14.3. The maximum atomic E-state index is 6.29. The summed E-state index contributed by atoms with van der Waals surface area (Å²) in [5.74, 6) is 0.741. The molecular formula is C20H25Cl2NO. The van der Waals surface area contributed by atoms with Crippen molar-refractivity contribution in [3.05, 3.63) is 63.6 Å². The molecule has 0 aliphatic carbocycles. The highest BCUT2D eigenvalue weighted by atomic mass is 35.5. The normalized spacial score (nSPS) is 12.2. The Hall–Kier alpha value is -1.22. The Morgan fingerprint density at radius 1 is 1.12 bits per heavy atom. The van der Waals surface area contributed by atoms with Crippen LogP contribution in [0.15, 0.2) is 42.5 Å². The molecule has 2 rings (SSSR count). The fourth-order valence-corrected chi connectivity index (χ4v) is 3.11. The van der Waals surface area contributed by atoms with Crippen LogP contribution in [0, 0.1) is 0 Å². The SMILES string of the molecule is CCCOc1c(Cl)cc(Cl)cc1CN[C@@H](C)CCc1ccccc1. The van der Waals surface area contributed by atoms with E-state index >= 15 is 0 Å². The van der Waals surface area contributed by atoms with Crippen LogP contribution in [-0.2, 0) is 13.0 Å². The second-order valence-corrected chi connectivity index (χ2v) is 6.87. The first kappa shape index (κ1) is 19.1. The highest BCUT2D eigenvalue weighted by molar-refractivity contribution is 6.35. The van der Waals surface area contributed by atoms with Gasteiger partial charge in [0.05, 0.1) is 11.6 Å². The van der Waals surface area contributed by atoms with E-state index in [2.05, 4.69) is 43.4 Å². The molecule has 0 aliphatic heterocycles. The van der Waals surface area contributed by atoms with Crippen LogP contribution in [0.1, 0.15) is 37.8 Å². The molecule has 0 unspecified atom stereocenters. The van der Waals surface area contributed by atoms with Gasteiger partial charge in [-0.1, -0.05) is 60.5 Å². The minimum absolute atomic E-state index is 0.391. The van der Waals surface area contributed by atoms with Gasteiger partial charge in [-0.15, -0.1) is 0 Å². The number of hydrogen-bond donors (Lipinski definition) is 1. The van der Waals surface area contributed by atoms with Crippen LogP contribution in [0.3, 0.4) is 0 Å². The van der Waals surface area contributed by atoms with Gasteiger partial charge in [-0.2, -0.15) is 0 Å². The molecule has 4 heteroatoms. The molecule has 0 amide bonds. The van der Waals surface area contributed by atoms with Gasteiger partial charge in [-0.25, -0.2) is 0 Å². The summed E-state index contributed by atoms with van der Waals surface area (Å²) in [5, 5.41) is 4.75. The summed E-state index contributed by atoms with van der Waals surface area (Å²) in [6.45, 7) is 5.61. The van der Waals surface area contributed by atoms with Crippen LogP contribution in [0.25, 0.3) is 0 Å². The fraction of sp³-hybridized carbons (Fsp3) is 0.400. The van der Waals surface area contributed by atoms with Crippen molar-refractivity contribution in [3.63, 3.8) is 0 Å². The van der Waals surface area contributed by atoms with Gasteiger partial charge in [-0.05, 0) is 43.9 Å². The molecule has 1 atom stereocenters. The maximum absolute atomic E-state index is 6.29. The van der Waals surface area contributed by atoms with Gasteiger partial charge >= 0.3 is 0 Å². The summed E-state index contributed by atoms with van der Waals surface area (Å²) in [6, 6.07) is 14.6. The van der Waals surface area contributed by atoms with E-state index in [0.717, 1.165) is 30.6 Å². The lowest BCUT2D eigenvalue weighted by molar-refractivity contribution is 0.313. The third-order valence-electron chi connectivity index (χ3n) is 3.89. The van der Waals surface area contributed by atoms with Gasteiger partial charge in [0.2, 0.25) is 0 Å². The molecule has 2 aromatic rings. The second kappa shape index (κ2) is 9.93. The number of nitrogens with one attached hydrogen (secondary N) is 1. The fourth-order valence-electron chi connectivity index (χ4n) is 2.52. The van der Waals surface area contributed by atoms with Crippen molar-refractivity contribution in [2.24, 2.45) is 0 Å². The molecule has 2 nitrogen and oxygen atoms in total. The Morgan fingerprint density at radius 3 is 2.58 bits per heavy atom. The average Bonchev–Trinajstić information content (AvgIpc) is 2.58. The van der Waals surface area contributed by atoms with E-state index in [0.29, 0.717) is 29.2 Å². The predicted molar refractivity (Wildman–Crippen MR) is 103 cm³/mol. The van der Waals surface area contributed by atoms with Gasteiger partial charge in [0.25, 0.3) is 0 Å². The Labute approximate surface area is 155 Å². The standard InChI is InChI=1S/C20H25Cl2NO/c1-3-11-24-20-17(12-18(21)13-19(20)22)14-23-15(2)9-10-16-7-5-4-6-8-16/h4-8,12-13,15,23H,3,9-11,14H2,1-2H3/t15-/m0/s1. The van der Waals surface area contributed by atoms with E-state index in [1.54, 1.807) is 6.07 Å². The van der Waals surface area contributed by atoms with E-state index in [9.17, 15) is 0 Å². The molecule has 0 aliphatic rings. The van der Waals surface area contributed by atoms with Crippen LogP contribution in [0.4, 0.5) is 0 Å². The monoisotopic (exact) mass is 365 g/mol. The zero-order chi connectivity index (χ0) is 17.4. The number of rotatable bonds is 9. The molecule has 0 fully saturated rings. The van der Waals surface area contributed by atoms with E-state index in [-0.39, 0.29) is 0 Å². The van der Waals surface area contributed by atoms with Crippen molar-refractivity contribution in [2.75, 3.05) is 6.61 Å². The first-order chi connectivity index (χ1) is 11.6. The quantitative estimate of drug-likeness (QED) is 0.597. The van der Waals surface area contributed by atoms with E-state index in [1.807, 2.05) is 12.1 Å². The van der Waals surface area contributed by atoms with Crippen molar-refractivity contribution in [1.29, 1.82) is 0 Å². The minimum Gasteiger partial charge on any atom is -0.492 e. The lowest BCUT2D eigenvalue weighted by Crippen LogP contribution is -2.26. The summed E-state index contributed by atoms with van der Waals surface area (Å²) >= 11 is 12.4. The number of hydrogen-bond acceptors (Lipinski definition) is 2. The van der Waals surface area contributed by atoms with Crippen LogP contribution < -0.4 is 10.1 Å². The van der Waals surface area contributed by atoms with Crippen molar-refractivity contribution >= 4 is 23.2 Å². The smallest absolute Gasteiger partial charge is 0.142 e. The highest BCUT2D eigenvalue weighted by Gasteiger charge is 2.12. The summed E-state index contributed by atoms with van der Waals surface area (Å²) in [7, 11) is 0. The molecule has 0 radical (unpaired) electrons. The molecule has 1 N–H and O–H groups in total. The first-order valence-corrected chi connectivity index (χ1v) is 9.23. The molecule has 2 aromatic carbocycles. The molecule has 0 spiro atoms. The van der Waals surface area contributed by atoms with Gasteiger partial charge in [-0.3, -0.25) is 0 Å². The third kappa shape index (κ3) is 6.01. The Bertz CT molecular complexity index is 631. The van der Waals surface area contributed by atoms with Gasteiger partial charge in [0, 0.05) is 23.2 Å². The summed E-state index contributed by atoms with van der Waals surface area (Å²) in [5.41, 5.74) is 2.37. The summed E-state index contributed by atoms with van der Waals surface area (Å²) in [6.07, 6.45) is 3.08. The van der Waals surface area contributed by atoms with Crippen LogP contribution in [-0.4, -0.2) is 12.6 Å². The van der Waals surface area contributed by atoms with Gasteiger partial charge < -0.3 is 10.1 Å². The lowest BCUT2D eigenvalue weighted by atomic mass is 10.1. The van der Waals surface area contributed by atoms with E-state index in [4.69, 9.17) is 27.9 Å². The Morgan fingerprint density at radius 2 is 1.88 bits per heavy atom. The summed E-state index contributed by atoms with van der Waals surface area (Å²) < 4.78 is 5.80. The molecule has 0 saturated carbocycles. The molecule has 0 saturated heterocycles. The number of halogens is 2. The second-order valence-electron chi connectivity index (χ2n) is 6.03. The van der Waals surface area contributed by atoms with Crippen molar-refractivity contribution in [1.82, 2.24) is 5.32 Å². The number of aryl methyl sites for hydroxylation is 1. The molecule has 130 valence electrons. The van der Waals surface area contributed by atoms with E-state index in [1.165, 1.54) is 5.56 Å². The summed E-state index contributed by atoms with van der Waals surface area (Å²) in [4.78, 5) is 0. The lowest BCUT2D eigenvalue weighted by Gasteiger charge is -2.17. The topological polar surface area (TPSA) is 21.3 Å². The minimum atomic E-state index is 0.391. The van der Waals surface area contributed by atoms with E-state index < -0.39 is 0 Å². The Balaban J connectivity index is 1.92. The number of benzene rings is 2. The van der Waals surface area contributed by atoms with Gasteiger partial charge in [0.15, 0.2) is 0 Å². The maximum Gasteiger partial charge on any atom is 0.142 e. The van der Waals surface area contributed by atoms with Crippen LogP contribution >= 0.6 is 23.2 Å². The number of ether oxygens (including phenoxy) is 1. The first-order valence-electron chi connectivity index (χ1n) is 8.48. The average molecular weight is 366 g/mol. The molecule has 0 heterocycles. The van der Waals surface area contributed by atoms with Crippen LogP contribution in [0.2, 0.25) is 10.0 Å². The molecule has 0 bridgehead atoms. The molecule has 0 aromatic heterocycles. The van der Waals surface area contributed by atoms with Crippen LogP contribution in [0.5, 0.6) is 5.75 Å².